The number of methoxy groups -OCH3 is 1. The van der Waals surface area contributed by atoms with E-state index < -0.39 is 0 Å². The number of phenolic OH excluding ortho intramolecular Hbond substituents is 1. The fourth-order valence-electron chi connectivity index (χ4n) is 5.97. The number of pyridine rings is 2. The van der Waals surface area contributed by atoms with E-state index in [2.05, 4.69) is 59.7 Å². The van der Waals surface area contributed by atoms with Crippen molar-refractivity contribution in [2.24, 2.45) is 0 Å². The Morgan fingerprint density at radius 3 is 1.92 bits per heavy atom. The number of aldehydes is 2. The zero-order valence-corrected chi connectivity index (χ0v) is 35.6. The lowest BCUT2D eigenvalue weighted by Gasteiger charge is -2.32. The Morgan fingerprint density at radius 2 is 1.32 bits per heavy atom. The smallest absolute Gasteiger partial charge is 0.490 e. The fourth-order valence-corrected chi connectivity index (χ4v) is 6.33. The molecule has 0 saturated carbocycles. The minimum atomic E-state index is -0.239. The summed E-state index contributed by atoms with van der Waals surface area (Å²) in [6, 6.07) is 17.4. The van der Waals surface area contributed by atoms with Crippen LogP contribution in [0.5, 0.6) is 23.0 Å². The molecule has 13 nitrogen and oxygen atoms in total. The van der Waals surface area contributed by atoms with Crippen molar-refractivity contribution >= 4 is 41.2 Å². The highest BCUT2D eigenvalue weighted by atomic mass is 79.9. The van der Waals surface area contributed by atoms with E-state index in [0.29, 0.717) is 66.4 Å². The van der Waals surface area contributed by atoms with Gasteiger partial charge in [-0.25, -0.2) is 4.98 Å². The predicted octanol–water partition coefficient (Wildman–Crippen LogP) is 8.17. The first-order valence-electron chi connectivity index (χ1n) is 19.1. The molecule has 3 aliphatic heterocycles. The Morgan fingerprint density at radius 1 is 0.746 bits per heavy atom. The summed E-state index contributed by atoms with van der Waals surface area (Å²) in [5.41, 5.74) is 5.11. The van der Waals surface area contributed by atoms with E-state index >= 15 is 0 Å². The number of halogens is 1. The average molecular weight is 874 g/mol. The van der Waals surface area contributed by atoms with Crippen LogP contribution in [0.25, 0.3) is 5.57 Å². The molecule has 7 rings (SSSR count). The number of benzene rings is 2. The summed E-state index contributed by atoms with van der Waals surface area (Å²) in [6.45, 7) is 11.7. The summed E-state index contributed by atoms with van der Waals surface area (Å²) in [4.78, 5) is 30.9. The van der Waals surface area contributed by atoms with Gasteiger partial charge in [0.2, 0.25) is 0 Å². The number of ether oxygens (including phenoxy) is 6. The molecule has 0 spiro atoms. The van der Waals surface area contributed by atoms with E-state index in [0.717, 1.165) is 41.8 Å². The SMILES string of the molecule is CC1(C)OB(C2=CCOCC2)OC1(C)C.COCOc1cccc(OCc2cccnc2Br)c1C=O.O=Cc1c(O)cccc1OCc1cccnc1C1=CCOCC1. The third kappa shape index (κ3) is 12.3. The number of carbonyl (C=O) groups is 2. The van der Waals surface area contributed by atoms with Crippen molar-refractivity contribution in [3.63, 3.8) is 0 Å². The third-order valence-corrected chi connectivity index (χ3v) is 10.7. The number of phenols is 1. The monoisotopic (exact) mass is 872 g/mol. The van der Waals surface area contributed by atoms with E-state index in [1.54, 1.807) is 42.7 Å². The molecule has 2 aromatic heterocycles. The van der Waals surface area contributed by atoms with Crippen LogP contribution in [0.1, 0.15) is 78.1 Å². The van der Waals surface area contributed by atoms with Crippen molar-refractivity contribution in [1.82, 2.24) is 9.97 Å². The van der Waals surface area contributed by atoms with E-state index in [1.165, 1.54) is 18.6 Å². The highest BCUT2D eigenvalue weighted by molar-refractivity contribution is 9.10. The van der Waals surface area contributed by atoms with Crippen molar-refractivity contribution in [1.29, 1.82) is 0 Å². The van der Waals surface area contributed by atoms with Gasteiger partial charge >= 0.3 is 7.12 Å². The number of hydrogen-bond acceptors (Lipinski definition) is 13. The molecule has 2 aromatic carbocycles. The molecule has 3 aliphatic rings. The quantitative estimate of drug-likeness (QED) is 0.0595. The number of nitrogens with zero attached hydrogens (tertiary/aromatic N) is 2. The van der Waals surface area contributed by atoms with Gasteiger partial charge in [-0.2, -0.15) is 0 Å². The fraction of sp³-hybridized carbons (Fsp3) is 0.364. The molecular formula is C44H50BBrN2O11. The first kappa shape index (κ1) is 45.2. The average Bonchev–Trinajstić information content (AvgIpc) is 3.48. The van der Waals surface area contributed by atoms with E-state index in [-0.39, 0.29) is 43.0 Å². The lowest BCUT2D eigenvalue weighted by atomic mass is 9.75. The summed E-state index contributed by atoms with van der Waals surface area (Å²) < 4.78 is 44.8. The molecule has 1 fully saturated rings. The number of rotatable bonds is 13. The van der Waals surface area contributed by atoms with Gasteiger partial charge in [-0.05, 0) is 104 Å². The standard InChI is InChI=1S/C18H17NO4.C15H14BrNO4.C11H19BO3/c20-11-15-16(21)4-1-5-17(15)23-12-14-3-2-8-19-18(14)13-6-9-22-10-7-13;1-19-10-21-14-6-2-5-13(12(14)8-18)20-9-11-4-3-7-17-15(11)16;1-10(2)11(3,4)15-12(14-10)9-5-7-13-8-6-9/h1-6,8,11,21H,7,9-10,12H2;2-8H,9-10H2,1H3;5H,6-8H2,1-4H3. The lowest BCUT2D eigenvalue weighted by molar-refractivity contribution is 0.00578. The van der Waals surface area contributed by atoms with Gasteiger partial charge in [0, 0.05) is 30.6 Å². The van der Waals surface area contributed by atoms with Crippen LogP contribution in [0.15, 0.2) is 95.3 Å². The molecule has 1 saturated heterocycles. The largest absolute Gasteiger partial charge is 0.507 e. The number of aromatic hydroxyl groups is 1. The maximum Gasteiger partial charge on any atom is 0.490 e. The number of aromatic nitrogens is 2. The molecule has 0 unspecified atom stereocenters. The second-order valence-electron chi connectivity index (χ2n) is 14.4. The van der Waals surface area contributed by atoms with Crippen LogP contribution in [0.3, 0.4) is 0 Å². The molecule has 0 amide bonds. The van der Waals surface area contributed by atoms with Gasteiger partial charge in [0.1, 0.15) is 40.8 Å². The Labute approximate surface area is 353 Å². The molecule has 0 bridgehead atoms. The molecule has 4 aromatic rings. The van der Waals surface area contributed by atoms with E-state index in [4.69, 9.17) is 37.7 Å². The van der Waals surface area contributed by atoms with Crippen LogP contribution in [0.4, 0.5) is 0 Å². The number of carbonyl (C=O) groups excluding carboxylic acids is 2. The molecule has 15 heteroatoms. The van der Waals surface area contributed by atoms with Gasteiger partial charge in [-0.1, -0.05) is 36.4 Å². The maximum atomic E-state index is 11.3. The number of hydrogen-bond donors (Lipinski definition) is 1. The van der Waals surface area contributed by atoms with Gasteiger partial charge in [-0.3, -0.25) is 14.6 Å². The first-order valence-corrected chi connectivity index (χ1v) is 19.9. The molecular weight excluding hydrogens is 823 g/mol. The van der Waals surface area contributed by atoms with E-state index in [1.807, 2.05) is 30.3 Å². The van der Waals surface area contributed by atoms with Crippen LogP contribution >= 0.6 is 15.9 Å². The topological polar surface area (TPSA) is 154 Å². The lowest BCUT2D eigenvalue weighted by Crippen LogP contribution is -2.41. The van der Waals surface area contributed by atoms with E-state index in [9.17, 15) is 14.7 Å². The summed E-state index contributed by atoms with van der Waals surface area (Å²) in [6.07, 6.45) is 10.6. The van der Waals surface area contributed by atoms with Gasteiger partial charge in [-0.15, -0.1) is 0 Å². The Kier molecular flexibility index (Phi) is 16.8. The highest BCUT2D eigenvalue weighted by Crippen LogP contribution is 2.39. The summed E-state index contributed by atoms with van der Waals surface area (Å²) in [5.74, 6) is 1.15. The van der Waals surface area contributed by atoms with Gasteiger partial charge < -0.3 is 42.8 Å². The molecule has 0 atom stereocenters. The maximum absolute atomic E-state index is 11.3. The summed E-state index contributed by atoms with van der Waals surface area (Å²) >= 11 is 3.35. The van der Waals surface area contributed by atoms with Crippen LogP contribution in [0.2, 0.25) is 0 Å². The molecule has 1 N–H and O–H groups in total. The Hall–Kier alpha value is -4.90. The third-order valence-electron chi connectivity index (χ3n) is 9.95. The minimum Gasteiger partial charge on any atom is -0.507 e. The van der Waals surface area contributed by atoms with Crippen LogP contribution in [0, 0.1) is 0 Å². The van der Waals surface area contributed by atoms with Gasteiger partial charge in [0.15, 0.2) is 19.4 Å². The van der Waals surface area contributed by atoms with Crippen LogP contribution in [-0.4, -0.2) is 86.3 Å². The molecule has 0 aliphatic carbocycles. The molecule has 312 valence electrons. The summed E-state index contributed by atoms with van der Waals surface area (Å²) in [5, 5.41) is 9.70. The van der Waals surface area contributed by atoms with Crippen molar-refractivity contribution < 1.29 is 52.4 Å². The van der Waals surface area contributed by atoms with Crippen molar-refractivity contribution in [3.05, 3.63) is 123 Å². The summed E-state index contributed by atoms with van der Waals surface area (Å²) in [7, 11) is 1.33. The minimum absolute atomic E-state index is 0.0679. The Balaban J connectivity index is 0.000000172. The predicted molar refractivity (Wildman–Crippen MR) is 226 cm³/mol. The van der Waals surface area contributed by atoms with Gasteiger partial charge in [0.25, 0.3) is 0 Å². The van der Waals surface area contributed by atoms with Gasteiger partial charge in [0.05, 0.1) is 54.5 Å². The van der Waals surface area contributed by atoms with Crippen LogP contribution in [-0.2, 0) is 36.7 Å². The zero-order valence-electron chi connectivity index (χ0n) is 34.0. The second-order valence-corrected chi connectivity index (χ2v) is 15.2. The molecule has 0 radical (unpaired) electrons. The van der Waals surface area contributed by atoms with Crippen molar-refractivity contribution in [2.75, 3.05) is 40.3 Å². The zero-order chi connectivity index (χ0) is 42.3. The normalized spacial score (nSPS) is 16.5. The van der Waals surface area contributed by atoms with Crippen molar-refractivity contribution in [2.45, 2.75) is 65.0 Å². The van der Waals surface area contributed by atoms with Crippen molar-refractivity contribution in [3.8, 4) is 23.0 Å². The molecule has 59 heavy (non-hydrogen) atoms. The van der Waals surface area contributed by atoms with Crippen LogP contribution < -0.4 is 14.2 Å². The Bertz CT molecular complexity index is 2080. The highest BCUT2D eigenvalue weighted by Gasteiger charge is 2.52. The first-order chi connectivity index (χ1) is 28.5. The second kappa shape index (κ2) is 21.9. The molecule has 5 heterocycles.